The predicted molar refractivity (Wildman–Crippen MR) is 128 cm³/mol. The summed E-state index contributed by atoms with van der Waals surface area (Å²) in [5, 5.41) is 13.4. The SMILES string of the molecule is O=C(NCCCCNC(=O)C1=NOC2(C=C(Br)C(=O)C3OC32)C1)C1=NOC2(C=C(Br)C(=O)C3OC32)C1. The van der Waals surface area contributed by atoms with E-state index in [2.05, 4.69) is 52.8 Å². The van der Waals surface area contributed by atoms with Gasteiger partial charge >= 0.3 is 0 Å². The third-order valence-corrected chi connectivity index (χ3v) is 8.15. The number of unbranched alkanes of at least 4 members (excludes halogenated alkanes) is 1. The number of halogens is 2. The largest absolute Gasteiger partial charge is 0.381 e. The molecular weight excluding hydrogens is 608 g/mol. The van der Waals surface area contributed by atoms with Crippen molar-refractivity contribution in [1.82, 2.24) is 10.6 Å². The van der Waals surface area contributed by atoms with Gasteiger partial charge in [0.25, 0.3) is 11.8 Å². The molecule has 2 saturated heterocycles. The topological polar surface area (TPSA) is 161 Å². The molecule has 0 radical (unpaired) electrons. The molecule has 0 aromatic carbocycles. The molecule has 6 unspecified atom stereocenters. The summed E-state index contributed by atoms with van der Waals surface area (Å²) in [6.07, 6.45) is 2.99. The summed E-state index contributed by atoms with van der Waals surface area (Å²) in [5.74, 6) is -0.953. The summed E-state index contributed by atoms with van der Waals surface area (Å²) in [5.41, 5.74) is -1.37. The molecule has 12 nitrogen and oxygen atoms in total. The molecule has 6 atom stereocenters. The van der Waals surface area contributed by atoms with Crippen molar-refractivity contribution in [1.29, 1.82) is 0 Å². The lowest BCUT2D eigenvalue weighted by Gasteiger charge is -2.23. The van der Waals surface area contributed by atoms with Crippen LogP contribution in [0.3, 0.4) is 0 Å². The maximum Gasteiger partial charge on any atom is 0.269 e. The number of hydrogen-bond acceptors (Lipinski definition) is 10. The van der Waals surface area contributed by atoms with Crippen molar-refractivity contribution in [2.45, 2.75) is 61.3 Å². The summed E-state index contributed by atoms with van der Waals surface area (Å²) in [6.45, 7) is 0.781. The molecule has 2 aliphatic carbocycles. The Kier molecular flexibility index (Phi) is 5.70. The number of Topliss-reactive ketones (excluding diaryl/α,β-unsaturated/α-hetero) is 2. The molecule has 2 spiro atoms. The van der Waals surface area contributed by atoms with E-state index in [1.165, 1.54) is 0 Å². The Bertz CT molecular complexity index is 1120. The predicted octanol–water partition coefficient (Wildman–Crippen LogP) is 0.287. The highest BCUT2D eigenvalue weighted by atomic mass is 79.9. The number of amides is 2. The Labute approximate surface area is 221 Å². The van der Waals surface area contributed by atoms with Gasteiger partial charge < -0.3 is 29.8 Å². The highest BCUT2D eigenvalue weighted by Crippen LogP contribution is 2.49. The molecule has 6 rings (SSSR count). The second-order valence-corrected chi connectivity index (χ2v) is 11.1. The molecular formula is C22H20Br2N4O8. The highest BCUT2D eigenvalue weighted by molar-refractivity contribution is 9.12. The molecule has 36 heavy (non-hydrogen) atoms. The molecule has 0 aromatic rings. The summed E-state index contributed by atoms with van der Waals surface area (Å²) in [4.78, 5) is 59.8. The standard InChI is InChI=1S/C22H20Br2N4O8/c23-9-5-21(17-15(33-17)13(9)29)7-11(27-35-21)19(31)25-3-1-2-4-26-20(32)12-8-22(36-28-12)6-10(24)14(30)16-18(22)34-16/h5-6,15-18H,1-4,7-8H2,(H,25,31)(H,26,32). The van der Waals surface area contributed by atoms with Crippen LogP contribution in [0.15, 0.2) is 31.4 Å². The van der Waals surface area contributed by atoms with Gasteiger partial charge in [0.05, 0.1) is 8.96 Å². The normalized spacial score (nSPS) is 37.2. The van der Waals surface area contributed by atoms with E-state index < -0.39 is 35.6 Å². The molecule has 190 valence electrons. The fraction of sp³-hybridized carbons (Fsp3) is 0.545. The lowest BCUT2D eigenvalue weighted by atomic mass is 9.86. The minimum atomic E-state index is -0.925. The van der Waals surface area contributed by atoms with Gasteiger partial charge in [-0.3, -0.25) is 19.2 Å². The number of carbonyl (C=O) groups is 4. The highest BCUT2D eigenvalue weighted by Gasteiger charge is 2.66. The van der Waals surface area contributed by atoms with E-state index in [-0.39, 0.29) is 47.6 Å². The second-order valence-electron chi connectivity index (χ2n) is 9.41. The molecule has 14 heteroatoms. The van der Waals surface area contributed by atoms with Crippen molar-refractivity contribution < 1.29 is 38.3 Å². The molecule has 0 saturated carbocycles. The van der Waals surface area contributed by atoms with Crippen LogP contribution < -0.4 is 10.6 Å². The van der Waals surface area contributed by atoms with Crippen LogP contribution in [0.2, 0.25) is 0 Å². The number of oxime groups is 2. The van der Waals surface area contributed by atoms with Crippen LogP contribution in [-0.4, -0.2) is 83.5 Å². The van der Waals surface area contributed by atoms with Crippen LogP contribution in [-0.2, 0) is 38.3 Å². The van der Waals surface area contributed by atoms with Gasteiger partial charge in [-0.25, -0.2) is 0 Å². The van der Waals surface area contributed by atoms with Gasteiger partial charge in [-0.2, -0.15) is 0 Å². The maximum absolute atomic E-state index is 12.5. The lowest BCUT2D eigenvalue weighted by molar-refractivity contribution is -0.117. The number of rotatable bonds is 7. The summed E-state index contributed by atoms with van der Waals surface area (Å²) in [7, 11) is 0. The third kappa shape index (κ3) is 3.94. The molecule has 6 aliphatic rings. The van der Waals surface area contributed by atoms with E-state index in [1.54, 1.807) is 12.2 Å². The van der Waals surface area contributed by atoms with E-state index in [9.17, 15) is 19.2 Å². The van der Waals surface area contributed by atoms with Crippen LogP contribution in [0.5, 0.6) is 0 Å². The minimum absolute atomic E-state index is 0.132. The van der Waals surface area contributed by atoms with Crippen molar-refractivity contribution in [3.63, 3.8) is 0 Å². The monoisotopic (exact) mass is 626 g/mol. The number of hydrogen-bond donors (Lipinski definition) is 2. The Morgan fingerprint density at radius 2 is 1.25 bits per heavy atom. The van der Waals surface area contributed by atoms with E-state index in [0.717, 1.165) is 0 Å². The number of nitrogens with one attached hydrogen (secondary N) is 2. The molecule has 2 N–H and O–H groups in total. The zero-order valence-corrected chi connectivity index (χ0v) is 21.8. The quantitative estimate of drug-likeness (QED) is 0.301. The molecule has 0 bridgehead atoms. The first-order valence-corrected chi connectivity index (χ1v) is 13.0. The van der Waals surface area contributed by atoms with Gasteiger partial charge in [0.1, 0.15) is 23.6 Å². The molecule has 0 aromatic heterocycles. The second kappa shape index (κ2) is 8.57. The van der Waals surface area contributed by atoms with Gasteiger partial charge in [0.2, 0.25) is 11.6 Å². The van der Waals surface area contributed by atoms with Crippen LogP contribution in [0.1, 0.15) is 25.7 Å². The number of carbonyl (C=O) groups excluding carboxylic acids is 4. The Morgan fingerprint density at radius 1 is 0.833 bits per heavy atom. The van der Waals surface area contributed by atoms with Gasteiger partial charge in [-0.1, -0.05) is 10.3 Å². The van der Waals surface area contributed by atoms with Gasteiger partial charge in [0, 0.05) is 25.9 Å². The van der Waals surface area contributed by atoms with E-state index >= 15 is 0 Å². The average Bonchev–Trinajstić information content (AvgIpc) is 3.76. The number of epoxide rings is 2. The Hall–Kier alpha value is -2.42. The van der Waals surface area contributed by atoms with Crippen molar-refractivity contribution in [2.75, 3.05) is 13.1 Å². The van der Waals surface area contributed by atoms with Crippen LogP contribution >= 0.6 is 31.9 Å². The number of ketones is 2. The average molecular weight is 628 g/mol. The first-order chi connectivity index (χ1) is 17.2. The lowest BCUT2D eigenvalue weighted by Crippen LogP contribution is -2.42. The third-order valence-electron chi connectivity index (χ3n) is 6.91. The fourth-order valence-electron chi connectivity index (χ4n) is 4.87. The maximum atomic E-state index is 12.5. The number of fused-ring (bicyclic) bond motifs is 4. The van der Waals surface area contributed by atoms with Crippen LogP contribution in [0.25, 0.3) is 0 Å². The van der Waals surface area contributed by atoms with Crippen molar-refractivity contribution >= 4 is 66.7 Å². The molecule has 2 amide bonds. The number of nitrogens with zero attached hydrogens (tertiary/aromatic N) is 2. The Morgan fingerprint density at radius 3 is 1.67 bits per heavy atom. The zero-order valence-electron chi connectivity index (χ0n) is 18.6. The summed E-state index contributed by atoms with van der Waals surface area (Å²) < 4.78 is 11.6. The molecule has 2 fully saturated rings. The summed E-state index contributed by atoms with van der Waals surface area (Å²) in [6, 6.07) is 0. The molecule has 4 aliphatic heterocycles. The van der Waals surface area contributed by atoms with Crippen molar-refractivity contribution in [3.05, 3.63) is 21.1 Å². The smallest absolute Gasteiger partial charge is 0.269 e. The Balaban J connectivity index is 0.900. The summed E-state index contributed by atoms with van der Waals surface area (Å²) >= 11 is 6.44. The van der Waals surface area contributed by atoms with Crippen molar-refractivity contribution in [3.8, 4) is 0 Å². The van der Waals surface area contributed by atoms with Gasteiger partial charge in [0.15, 0.2) is 23.4 Å². The van der Waals surface area contributed by atoms with Gasteiger partial charge in [-0.05, 0) is 56.9 Å². The van der Waals surface area contributed by atoms with Gasteiger partial charge in [-0.15, -0.1) is 0 Å². The fourth-order valence-corrected chi connectivity index (χ4v) is 6.09. The van der Waals surface area contributed by atoms with Crippen LogP contribution in [0.4, 0.5) is 0 Å². The first-order valence-electron chi connectivity index (χ1n) is 11.5. The van der Waals surface area contributed by atoms with E-state index in [1.807, 2.05) is 0 Å². The van der Waals surface area contributed by atoms with E-state index in [4.69, 9.17) is 19.1 Å². The first kappa shape index (κ1) is 23.9. The number of ether oxygens (including phenoxy) is 2. The van der Waals surface area contributed by atoms with E-state index in [0.29, 0.717) is 34.9 Å². The molecule has 4 heterocycles. The van der Waals surface area contributed by atoms with Crippen LogP contribution in [0, 0.1) is 0 Å². The minimum Gasteiger partial charge on any atom is -0.381 e. The zero-order chi connectivity index (χ0) is 25.2. The van der Waals surface area contributed by atoms with Crippen molar-refractivity contribution in [2.24, 2.45) is 10.3 Å².